The Hall–Kier alpha value is -1.43. The van der Waals surface area contributed by atoms with E-state index >= 15 is 0 Å². The number of benzene rings is 1. The van der Waals surface area contributed by atoms with Crippen LogP contribution in [0.15, 0.2) is 53.5 Å². The number of halogens is 1. The number of pyridine rings is 1. The molecular weight excluding hydrogens is 351 g/mol. The van der Waals surface area contributed by atoms with Crippen LogP contribution < -0.4 is 10.9 Å². The van der Waals surface area contributed by atoms with Crippen LogP contribution in [0.3, 0.4) is 0 Å². The van der Waals surface area contributed by atoms with Gasteiger partial charge in [-0.2, -0.15) is 0 Å². The van der Waals surface area contributed by atoms with E-state index in [1.165, 1.54) is 6.07 Å². The number of rotatable bonds is 8. The fraction of sp³-hybridized carbons (Fsp3) is 0.312. The van der Waals surface area contributed by atoms with Crippen molar-refractivity contribution in [2.24, 2.45) is 0 Å². The van der Waals surface area contributed by atoms with Crippen LogP contribution in [0.5, 0.6) is 0 Å². The molecule has 0 aliphatic carbocycles. The SMILES string of the molecule is Cl.O=c1cc(CNC[C@H](O)CP(=O)(O)Cc2ccccc2)cc[nH]1. The fourth-order valence-corrected chi connectivity index (χ4v) is 4.01. The van der Waals surface area contributed by atoms with Crippen LogP contribution in [-0.4, -0.2) is 33.8 Å². The number of aliphatic hydroxyl groups excluding tert-OH is 1. The van der Waals surface area contributed by atoms with Gasteiger partial charge in [0.1, 0.15) is 0 Å². The molecule has 0 aliphatic rings. The molecule has 2 atom stereocenters. The smallest absolute Gasteiger partial charge is 0.248 e. The van der Waals surface area contributed by atoms with Gasteiger partial charge in [-0.25, -0.2) is 0 Å². The van der Waals surface area contributed by atoms with E-state index in [0.29, 0.717) is 6.54 Å². The number of aromatic nitrogens is 1. The summed E-state index contributed by atoms with van der Waals surface area (Å²) < 4.78 is 12.2. The summed E-state index contributed by atoms with van der Waals surface area (Å²) in [6, 6.07) is 12.3. The van der Waals surface area contributed by atoms with Gasteiger partial charge in [0.2, 0.25) is 12.9 Å². The normalized spacial score (nSPS) is 14.4. The molecule has 1 unspecified atom stereocenters. The molecule has 1 aromatic heterocycles. The Bertz CT molecular complexity index is 723. The zero-order valence-corrected chi connectivity index (χ0v) is 14.8. The van der Waals surface area contributed by atoms with E-state index in [-0.39, 0.29) is 36.8 Å². The summed E-state index contributed by atoms with van der Waals surface area (Å²) in [5, 5.41) is 12.9. The predicted molar refractivity (Wildman–Crippen MR) is 96.9 cm³/mol. The summed E-state index contributed by atoms with van der Waals surface area (Å²) in [5.74, 6) is 0. The molecule has 0 saturated carbocycles. The third kappa shape index (κ3) is 7.43. The van der Waals surface area contributed by atoms with Crippen molar-refractivity contribution in [2.75, 3.05) is 12.7 Å². The van der Waals surface area contributed by atoms with Crippen LogP contribution >= 0.6 is 19.8 Å². The minimum Gasteiger partial charge on any atom is -0.391 e. The molecule has 0 amide bonds. The monoisotopic (exact) mass is 372 g/mol. The molecule has 132 valence electrons. The van der Waals surface area contributed by atoms with Gasteiger partial charge >= 0.3 is 0 Å². The first-order valence-corrected chi connectivity index (χ1v) is 9.39. The third-order valence-corrected chi connectivity index (χ3v) is 5.17. The molecule has 0 spiro atoms. The molecule has 0 fully saturated rings. The number of H-pyrrole nitrogens is 1. The van der Waals surface area contributed by atoms with E-state index in [1.807, 2.05) is 18.2 Å². The second kappa shape index (κ2) is 9.77. The van der Waals surface area contributed by atoms with E-state index in [2.05, 4.69) is 10.3 Å². The minimum absolute atomic E-state index is 0. The Morgan fingerprint density at radius 1 is 1.17 bits per heavy atom. The van der Waals surface area contributed by atoms with Crippen molar-refractivity contribution in [3.63, 3.8) is 0 Å². The number of aromatic amines is 1. The average molecular weight is 373 g/mol. The van der Waals surface area contributed by atoms with E-state index in [1.54, 1.807) is 24.4 Å². The highest BCUT2D eigenvalue weighted by Crippen LogP contribution is 2.44. The third-order valence-electron chi connectivity index (χ3n) is 3.32. The Kier molecular flexibility index (Phi) is 8.39. The maximum Gasteiger partial charge on any atom is 0.248 e. The molecule has 1 aromatic carbocycles. The fourth-order valence-electron chi connectivity index (χ4n) is 2.31. The summed E-state index contributed by atoms with van der Waals surface area (Å²) in [5.41, 5.74) is 1.38. The molecule has 0 radical (unpaired) electrons. The van der Waals surface area contributed by atoms with Crippen molar-refractivity contribution in [1.82, 2.24) is 10.3 Å². The van der Waals surface area contributed by atoms with Crippen LogP contribution in [0.25, 0.3) is 0 Å². The molecular formula is C16H22ClN2O4P. The highest BCUT2D eigenvalue weighted by Gasteiger charge is 2.23. The lowest BCUT2D eigenvalue weighted by Gasteiger charge is -2.17. The topological polar surface area (TPSA) is 102 Å². The molecule has 2 aromatic rings. The summed E-state index contributed by atoms with van der Waals surface area (Å²) >= 11 is 0. The van der Waals surface area contributed by atoms with Crippen molar-refractivity contribution in [3.05, 3.63) is 70.1 Å². The van der Waals surface area contributed by atoms with E-state index in [4.69, 9.17) is 0 Å². The second-order valence-corrected chi connectivity index (χ2v) is 7.89. The molecule has 24 heavy (non-hydrogen) atoms. The summed E-state index contributed by atoms with van der Waals surface area (Å²) in [4.78, 5) is 23.7. The zero-order valence-electron chi connectivity index (χ0n) is 13.1. The summed E-state index contributed by atoms with van der Waals surface area (Å²) in [6.45, 7) is 0.599. The Morgan fingerprint density at radius 2 is 1.88 bits per heavy atom. The van der Waals surface area contributed by atoms with Crippen molar-refractivity contribution in [3.8, 4) is 0 Å². The maximum atomic E-state index is 12.2. The first-order valence-electron chi connectivity index (χ1n) is 7.36. The second-order valence-electron chi connectivity index (χ2n) is 5.52. The first kappa shape index (κ1) is 20.6. The van der Waals surface area contributed by atoms with E-state index in [0.717, 1.165) is 11.1 Å². The lowest BCUT2D eigenvalue weighted by molar-refractivity contribution is 0.190. The highest BCUT2D eigenvalue weighted by atomic mass is 35.5. The Balaban J connectivity index is 0.00000288. The zero-order chi connectivity index (χ0) is 16.7. The van der Waals surface area contributed by atoms with Crippen LogP contribution in [0.1, 0.15) is 11.1 Å². The van der Waals surface area contributed by atoms with Crippen molar-refractivity contribution < 1.29 is 14.6 Å². The van der Waals surface area contributed by atoms with Gasteiger partial charge in [0.25, 0.3) is 0 Å². The molecule has 1 heterocycles. The number of nitrogens with one attached hydrogen (secondary N) is 2. The van der Waals surface area contributed by atoms with E-state index < -0.39 is 13.5 Å². The quantitative estimate of drug-likeness (QED) is 0.528. The predicted octanol–water partition coefficient (Wildman–Crippen LogP) is 1.72. The van der Waals surface area contributed by atoms with Crippen LogP contribution in [0, 0.1) is 0 Å². The maximum absolute atomic E-state index is 12.2. The lowest BCUT2D eigenvalue weighted by atomic mass is 10.2. The molecule has 0 saturated heterocycles. The van der Waals surface area contributed by atoms with Crippen LogP contribution in [0.4, 0.5) is 0 Å². The summed E-state index contributed by atoms with van der Waals surface area (Å²) in [7, 11) is -3.44. The van der Waals surface area contributed by atoms with Gasteiger partial charge in [-0.15, -0.1) is 12.4 Å². The van der Waals surface area contributed by atoms with Gasteiger partial charge in [0, 0.05) is 31.5 Å². The number of aliphatic hydroxyl groups is 1. The minimum atomic E-state index is -3.44. The molecule has 0 bridgehead atoms. The van der Waals surface area contributed by atoms with Gasteiger partial charge < -0.3 is 20.3 Å². The van der Waals surface area contributed by atoms with Gasteiger partial charge in [0.15, 0.2) is 0 Å². The molecule has 8 heteroatoms. The molecule has 0 aliphatic heterocycles. The van der Waals surface area contributed by atoms with Crippen LogP contribution in [0.2, 0.25) is 0 Å². The molecule has 2 rings (SSSR count). The van der Waals surface area contributed by atoms with Crippen molar-refractivity contribution in [1.29, 1.82) is 0 Å². The van der Waals surface area contributed by atoms with Gasteiger partial charge in [0.05, 0.1) is 12.3 Å². The standard InChI is InChI=1S/C16H21N2O4P.ClH/c19-15(10-17-9-14-6-7-18-16(20)8-14)12-23(21,22)11-13-4-2-1-3-5-13;/h1-8,15,17,19H,9-12H2,(H,18,20)(H,21,22);1H/t15-;/m0./s1. The van der Waals surface area contributed by atoms with E-state index in [9.17, 15) is 19.4 Å². The Labute approximate surface area is 146 Å². The van der Waals surface area contributed by atoms with Crippen LogP contribution in [-0.2, 0) is 17.3 Å². The first-order chi connectivity index (χ1) is 10.9. The van der Waals surface area contributed by atoms with Crippen molar-refractivity contribution >= 4 is 19.8 Å². The number of hydrogen-bond acceptors (Lipinski definition) is 4. The highest BCUT2D eigenvalue weighted by molar-refractivity contribution is 7.57. The largest absolute Gasteiger partial charge is 0.391 e. The molecule has 6 nitrogen and oxygen atoms in total. The van der Waals surface area contributed by atoms with Gasteiger partial charge in [-0.3, -0.25) is 9.36 Å². The van der Waals surface area contributed by atoms with Gasteiger partial charge in [-0.05, 0) is 17.2 Å². The van der Waals surface area contributed by atoms with Gasteiger partial charge in [-0.1, -0.05) is 30.3 Å². The average Bonchev–Trinajstić information content (AvgIpc) is 2.47. The summed E-state index contributed by atoms with van der Waals surface area (Å²) in [6.07, 6.45) is 0.525. The van der Waals surface area contributed by atoms with Crippen molar-refractivity contribution in [2.45, 2.75) is 18.8 Å². The number of hydrogen-bond donors (Lipinski definition) is 4. The molecule has 4 N–H and O–H groups in total. The Morgan fingerprint density at radius 3 is 2.54 bits per heavy atom. The lowest BCUT2D eigenvalue weighted by Crippen LogP contribution is -2.29.